The number of nitrogens with one attached hydrogen (secondary N) is 1. The molecule has 2 heterocycles. The van der Waals surface area contributed by atoms with Gasteiger partial charge in [0.1, 0.15) is 6.04 Å². The van der Waals surface area contributed by atoms with Gasteiger partial charge in [-0.1, -0.05) is 6.92 Å². The van der Waals surface area contributed by atoms with E-state index in [-0.39, 0.29) is 11.9 Å². The number of carbonyl (C=O) groups excluding carboxylic acids is 1. The minimum Gasteiger partial charge on any atom is -0.396 e. The van der Waals surface area contributed by atoms with Crippen LogP contribution in [0.5, 0.6) is 0 Å². The Balaban J connectivity index is 2.11. The second-order valence-corrected chi connectivity index (χ2v) is 4.39. The van der Waals surface area contributed by atoms with Crippen LogP contribution >= 0.6 is 0 Å². The third-order valence-corrected chi connectivity index (χ3v) is 2.90. The third kappa shape index (κ3) is 3.31. The first-order valence-electron chi connectivity index (χ1n) is 6.42. The van der Waals surface area contributed by atoms with Gasteiger partial charge in [-0.05, 0) is 6.42 Å². The molecule has 0 saturated carbocycles. The molecule has 1 saturated heterocycles. The summed E-state index contributed by atoms with van der Waals surface area (Å²) in [5.74, 6) is 0.455. The van der Waals surface area contributed by atoms with Crippen molar-refractivity contribution < 1.29 is 9.53 Å². The van der Waals surface area contributed by atoms with Crippen molar-refractivity contribution in [2.75, 3.05) is 36.9 Å². The predicted octanol–water partition coefficient (Wildman–Crippen LogP) is -0.210. The van der Waals surface area contributed by atoms with Crippen LogP contribution in [0, 0.1) is 0 Å². The maximum Gasteiger partial charge on any atom is 0.245 e. The van der Waals surface area contributed by atoms with Crippen molar-refractivity contribution in [3.8, 4) is 0 Å². The third-order valence-electron chi connectivity index (χ3n) is 2.90. The lowest BCUT2D eigenvalue weighted by atomic mass is 10.2. The zero-order valence-electron chi connectivity index (χ0n) is 11.0. The summed E-state index contributed by atoms with van der Waals surface area (Å²) < 4.78 is 5.38. The van der Waals surface area contributed by atoms with Crippen molar-refractivity contribution in [1.29, 1.82) is 0 Å². The average molecular weight is 265 g/mol. The molecule has 1 unspecified atom stereocenters. The van der Waals surface area contributed by atoms with E-state index in [9.17, 15) is 4.79 Å². The number of amides is 1. The highest BCUT2D eigenvalue weighted by Gasteiger charge is 2.30. The standard InChI is InChI=1S/C12H19N5O2/c1-2-3-14-11(18)10-8-19-5-4-17(10)12-15-6-9(13)7-16-12/h6-7,10H,2-5,8,13H2,1H3,(H,14,18). The van der Waals surface area contributed by atoms with Crippen molar-refractivity contribution in [2.24, 2.45) is 0 Å². The summed E-state index contributed by atoms with van der Waals surface area (Å²) in [7, 11) is 0. The van der Waals surface area contributed by atoms with Gasteiger partial charge < -0.3 is 20.7 Å². The Hall–Kier alpha value is -1.89. The quantitative estimate of drug-likeness (QED) is 0.782. The second kappa shape index (κ2) is 6.33. The minimum absolute atomic E-state index is 0.0537. The molecule has 3 N–H and O–H groups in total. The number of morpholine rings is 1. The van der Waals surface area contributed by atoms with E-state index in [4.69, 9.17) is 10.5 Å². The Morgan fingerprint density at radius 3 is 3.00 bits per heavy atom. The highest BCUT2D eigenvalue weighted by Crippen LogP contribution is 2.15. The summed E-state index contributed by atoms with van der Waals surface area (Å²) in [6.07, 6.45) is 3.98. The molecule has 7 heteroatoms. The van der Waals surface area contributed by atoms with Crippen molar-refractivity contribution in [3.63, 3.8) is 0 Å². The van der Waals surface area contributed by atoms with Crippen molar-refractivity contribution >= 4 is 17.5 Å². The van der Waals surface area contributed by atoms with Gasteiger partial charge in [0.25, 0.3) is 0 Å². The van der Waals surface area contributed by atoms with Crippen LogP contribution in [-0.2, 0) is 9.53 Å². The van der Waals surface area contributed by atoms with Gasteiger partial charge in [0.2, 0.25) is 11.9 Å². The molecule has 0 bridgehead atoms. The van der Waals surface area contributed by atoms with E-state index >= 15 is 0 Å². The lowest BCUT2D eigenvalue weighted by molar-refractivity contribution is -0.124. The summed E-state index contributed by atoms with van der Waals surface area (Å²) in [5, 5.41) is 2.87. The Labute approximate surface area is 112 Å². The number of hydrogen-bond acceptors (Lipinski definition) is 6. The molecule has 0 aromatic carbocycles. The van der Waals surface area contributed by atoms with E-state index in [0.717, 1.165) is 6.42 Å². The summed E-state index contributed by atoms with van der Waals surface area (Å²) in [6, 6.07) is -0.385. The van der Waals surface area contributed by atoms with Gasteiger partial charge in [-0.3, -0.25) is 4.79 Å². The number of anilines is 2. The summed E-state index contributed by atoms with van der Waals surface area (Å²) >= 11 is 0. The molecule has 2 rings (SSSR count). The number of nitrogens with zero attached hydrogens (tertiary/aromatic N) is 3. The first-order chi connectivity index (χ1) is 9.22. The number of nitrogen functional groups attached to an aromatic ring is 1. The van der Waals surface area contributed by atoms with Crippen LogP contribution in [0.4, 0.5) is 11.6 Å². The molecule has 1 atom stereocenters. The maximum atomic E-state index is 12.1. The smallest absolute Gasteiger partial charge is 0.245 e. The van der Waals surface area contributed by atoms with E-state index in [2.05, 4.69) is 15.3 Å². The van der Waals surface area contributed by atoms with Gasteiger partial charge >= 0.3 is 0 Å². The molecule has 7 nitrogen and oxygen atoms in total. The lowest BCUT2D eigenvalue weighted by Gasteiger charge is -2.34. The molecule has 1 aromatic rings. The van der Waals surface area contributed by atoms with E-state index in [1.54, 1.807) is 12.4 Å². The second-order valence-electron chi connectivity index (χ2n) is 4.39. The molecule has 1 aliphatic rings. The van der Waals surface area contributed by atoms with E-state index in [1.807, 2.05) is 11.8 Å². The van der Waals surface area contributed by atoms with Gasteiger partial charge in [0, 0.05) is 13.1 Å². The first kappa shape index (κ1) is 13.5. The zero-order chi connectivity index (χ0) is 13.7. The monoisotopic (exact) mass is 265 g/mol. The highest BCUT2D eigenvalue weighted by atomic mass is 16.5. The van der Waals surface area contributed by atoms with Gasteiger partial charge in [0.05, 0.1) is 31.3 Å². The fourth-order valence-corrected chi connectivity index (χ4v) is 1.91. The number of aromatic nitrogens is 2. The molecular formula is C12H19N5O2. The highest BCUT2D eigenvalue weighted by molar-refractivity contribution is 5.85. The molecule has 1 aromatic heterocycles. The lowest BCUT2D eigenvalue weighted by Crippen LogP contribution is -2.54. The molecule has 19 heavy (non-hydrogen) atoms. The van der Waals surface area contributed by atoms with Crippen LogP contribution in [0.1, 0.15) is 13.3 Å². The summed E-state index contributed by atoms with van der Waals surface area (Å²) in [5.41, 5.74) is 6.07. The number of nitrogens with two attached hydrogens (primary N) is 1. The zero-order valence-corrected chi connectivity index (χ0v) is 11.0. The van der Waals surface area contributed by atoms with Gasteiger partial charge in [-0.15, -0.1) is 0 Å². The molecule has 1 aliphatic heterocycles. The van der Waals surface area contributed by atoms with Crippen molar-refractivity contribution in [3.05, 3.63) is 12.4 Å². The molecular weight excluding hydrogens is 246 g/mol. The fourth-order valence-electron chi connectivity index (χ4n) is 1.91. The molecule has 1 fully saturated rings. The van der Waals surface area contributed by atoms with Crippen molar-refractivity contribution in [2.45, 2.75) is 19.4 Å². The minimum atomic E-state index is -0.385. The SMILES string of the molecule is CCCNC(=O)C1COCCN1c1ncc(N)cn1. The van der Waals surface area contributed by atoms with Crippen LogP contribution in [0.25, 0.3) is 0 Å². The largest absolute Gasteiger partial charge is 0.396 e. The summed E-state index contributed by atoms with van der Waals surface area (Å²) in [6.45, 7) is 4.17. The summed E-state index contributed by atoms with van der Waals surface area (Å²) in [4.78, 5) is 22.3. The first-order valence-corrected chi connectivity index (χ1v) is 6.42. The van der Waals surface area contributed by atoms with Crippen LogP contribution in [0.3, 0.4) is 0 Å². The van der Waals surface area contributed by atoms with Crippen LogP contribution in [-0.4, -0.2) is 48.2 Å². The molecule has 1 amide bonds. The normalized spacial score (nSPS) is 19.2. The Bertz CT molecular complexity index is 423. The fraction of sp³-hybridized carbons (Fsp3) is 0.583. The predicted molar refractivity (Wildman–Crippen MR) is 71.7 cm³/mol. The Morgan fingerprint density at radius 2 is 2.32 bits per heavy atom. The van der Waals surface area contributed by atoms with Crippen LogP contribution in [0.2, 0.25) is 0 Å². The number of carbonyl (C=O) groups is 1. The van der Waals surface area contributed by atoms with E-state index in [1.165, 1.54) is 0 Å². The average Bonchev–Trinajstić information content (AvgIpc) is 2.45. The molecule has 104 valence electrons. The van der Waals surface area contributed by atoms with E-state index in [0.29, 0.717) is 37.9 Å². The van der Waals surface area contributed by atoms with Gasteiger partial charge in [-0.2, -0.15) is 0 Å². The van der Waals surface area contributed by atoms with Gasteiger partial charge in [-0.25, -0.2) is 9.97 Å². The van der Waals surface area contributed by atoms with Crippen LogP contribution < -0.4 is 16.0 Å². The Morgan fingerprint density at radius 1 is 1.58 bits per heavy atom. The molecule has 0 aliphatic carbocycles. The van der Waals surface area contributed by atoms with E-state index < -0.39 is 0 Å². The Kier molecular flexibility index (Phi) is 4.51. The van der Waals surface area contributed by atoms with Gasteiger partial charge in [0.15, 0.2) is 0 Å². The molecule has 0 spiro atoms. The number of hydrogen-bond donors (Lipinski definition) is 2. The topological polar surface area (TPSA) is 93.4 Å². The van der Waals surface area contributed by atoms with Crippen molar-refractivity contribution in [1.82, 2.24) is 15.3 Å². The number of rotatable bonds is 4. The maximum absolute atomic E-state index is 12.1. The molecule has 0 radical (unpaired) electrons. The van der Waals surface area contributed by atoms with Crippen LogP contribution in [0.15, 0.2) is 12.4 Å². The number of ether oxygens (including phenoxy) is 1.